The minimum absolute atomic E-state index is 0.144. The van der Waals surface area contributed by atoms with Crippen molar-refractivity contribution in [2.75, 3.05) is 19.6 Å². The predicted octanol–water partition coefficient (Wildman–Crippen LogP) is 0.509. The van der Waals surface area contributed by atoms with Gasteiger partial charge in [0.05, 0.1) is 6.17 Å². The second-order valence-corrected chi connectivity index (χ2v) is 4.05. The highest BCUT2D eigenvalue weighted by molar-refractivity contribution is 4.59. The van der Waals surface area contributed by atoms with Crippen LogP contribution >= 0.6 is 0 Å². The summed E-state index contributed by atoms with van der Waals surface area (Å²) in [6.07, 6.45) is 8.20. The van der Waals surface area contributed by atoms with Gasteiger partial charge in [0.25, 0.3) is 0 Å². The Morgan fingerprint density at radius 1 is 0.800 bits per heavy atom. The van der Waals surface area contributed by atoms with Crippen LogP contribution in [0.15, 0.2) is 0 Å². The molecule has 0 saturated heterocycles. The molecule has 7 N–H and O–H groups in total. The van der Waals surface area contributed by atoms with E-state index in [1.807, 2.05) is 0 Å². The lowest BCUT2D eigenvalue weighted by atomic mass is 10.2. The van der Waals surface area contributed by atoms with Gasteiger partial charge in [-0.05, 0) is 51.7 Å². The maximum atomic E-state index is 5.88. The zero-order valence-electron chi connectivity index (χ0n) is 9.88. The Labute approximate surface area is 94.0 Å². The first-order valence-corrected chi connectivity index (χ1v) is 6.20. The Hall–Kier alpha value is -0.160. The zero-order valence-corrected chi connectivity index (χ0v) is 9.88. The fourth-order valence-electron chi connectivity index (χ4n) is 1.52. The van der Waals surface area contributed by atoms with Crippen LogP contribution in [0.5, 0.6) is 0 Å². The van der Waals surface area contributed by atoms with Gasteiger partial charge >= 0.3 is 0 Å². The van der Waals surface area contributed by atoms with Crippen LogP contribution in [-0.2, 0) is 0 Å². The van der Waals surface area contributed by atoms with Gasteiger partial charge in [-0.25, -0.2) is 0 Å². The predicted molar refractivity (Wildman–Crippen MR) is 66.4 cm³/mol. The lowest BCUT2D eigenvalue weighted by Crippen LogP contribution is -2.37. The first-order chi connectivity index (χ1) is 7.31. The maximum absolute atomic E-state index is 5.88. The Balaban J connectivity index is 3.06. The molecule has 4 heteroatoms. The molecule has 0 aromatic heterocycles. The van der Waals surface area contributed by atoms with Crippen LogP contribution in [0.3, 0.4) is 0 Å². The van der Waals surface area contributed by atoms with Gasteiger partial charge in [0, 0.05) is 0 Å². The average Bonchev–Trinajstić information content (AvgIpc) is 2.23. The summed E-state index contributed by atoms with van der Waals surface area (Å²) in [5.74, 6) is 0. The zero-order chi connectivity index (χ0) is 11.4. The summed E-state index contributed by atoms with van der Waals surface area (Å²) in [7, 11) is 0. The van der Waals surface area contributed by atoms with E-state index in [0.29, 0.717) is 0 Å². The molecule has 0 bridgehead atoms. The number of rotatable bonds is 11. The molecule has 0 saturated carbocycles. The number of nitrogens with one attached hydrogen (secondary N) is 1. The van der Waals surface area contributed by atoms with Gasteiger partial charge in [-0.2, -0.15) is 0 Å². The second-order valence-electron chi connectivity index (χ2n) is 4.05. The Morgan fingerprint density at radius 3 is 2.07 bits per heavy atom. The minimum Gasteiger partial charge on any atom is -0.330 e. The van der Waals surface area contributed by atoms with Gasteiger partial charge in [0.1, 0.15) is 0 Å². The standard InChI is InChI=1S/C11H28N4/c12-8-4-1-2-6-10-15-11(14)7-3-5-9-13/h11,15H,1-10,12-14H2. The third-order valence-corrected chi connectivity index (χ3v) is 2.51. The van der Waals surface area contributed by atoms with Crippen LogP contribution in [0.1, 0.15) is 44.9 Å². The van der Waals surface area contributed by atoms with Gasteiger partial charge in [0.15, 0.2) is 0 Å². The second kappa shape index (κ2) is 11.9. The highest BCUT2D eigenvalue weighted by atomic mass is 15.0. The van der Waals surface area contributed by atoms with Gasteiger partial charge in [-0.15, -0.1) is 0 Å². The first-order valence-electron chi connectivity index (χ1n) is 6.20. The lowest BCUT2D eigenvalue weighted by molar-refractivity contribution is 0.461. The smallest absolute Gasteiger partial charge is 0.0546 e. The van der Waals surface area contributed by atoms with Gasteiger partial charge in [0.2, 0.25) is 0 Å². The molecule has 0 heterocycles. The molecule has 0 rings (SSSR count). The van der Waals surface area contributed by atoms with E-state index < -0.39 is 0 Å². The third-order valence-electron chi connectivity index (χ3n) is 2.51. The SMILES string of the molecule is NCCCCCCNC(N)CCCCN. The summed E-state index contributed by atoms with van der Waals surface area (Å²) in [5.41, 5.74) is 16.7. The largest absolute Gasteiger partial charge is 0.330 e. The van der Waals surface area contributed by atoms with Crippen LogP contribution in [0.2, 0.25) is 0 Å². The van der Waals surface area contributed by atoms with E-state index >= 15 is 0 Å². The van der Waals surface area contributed by atoms with Gasteiger partial charge < -0.3 is 22.5 Å². The molecule has 0 aliphatic heterocycles. The van der Waals surface area contributed by atoms with Crippen molar-refractivity contribution < 1.29 is 0 Å². The number of nitrogens with two attached hydrogens (primary N) is 3. The molecule has 15 heavy (non-hydrogen) atoms. The Kier molecular flexibility index (Phi) is 11.8. The van der Waals surface area contributed by atoms with Crippen LogP contribution in [0.4, 0.5) is 0 Å². The van der Waals surface area contributed by atoms with Gasteiger partial charge in [-0.3, -0.25) is 0 Å². The highest BCUT2D eigenvalue weighted by Gasteiger charge is 1.99. The topological polar surface area (TPSA) is 90.1 Å². The summed E-state index contributed by atoms with van der Waals surface area (Å²) in [4.78, 5) is 0. The van der Waals surface area contributed by atoms with Crippen molar-refractivity contribution >= 4 is 0 Å². The van der Waals surface area contributed by atoms with E-state index in [2.05, 4.69) is 5.32 Å². The average molecular weight is 216 g/mol. The Bertz CT molecular complexity index is 119. The third kappa shape index (κ3) is 11.8. The molecule has 0 spiro atoms. The summed E-state index contributed by atoms with van der Waals surface area (Å²) < 4.78 is 0. The highest BCUT2D eigenvalue weighted by Crippen LogP contribution is 1.99. The van der Waals surface area contributed by atoms with E-state index in [-0.39, 0.29) is 6.17 Å². The fourth-order valence-corrected chi connectivity index (χ4v) is 1.52. The quantitative estimate of drug-likeness (QED) is 0.299. The lowest BCUT2D eigenvalue weighted by Gasteiger charge is -2.13. The van der Waals surface area contributed by atoms with E-state index in [4.69, 9.17) is 17.2 Å². The summed E-state index contributed by atoms with van der Waals surface area (Å²) in [6, 6.07) is 0. The monoisotopic (exact) mass is 216 g/mol. The van der Waals surface area contributed by atoms with Crippen LogP contribution in [0, 0.1) is 0 Å². The number of hydrogen-bond acceptors (Lipinski definition) is 4. The molecule has 0 amide bonds. The summed E-state index contributed by atoms with van der Waals surface area (Å²) in [5, 5.41) is 3.32. The molecule has 1 atom stereocenters. The fraction of sp³-hybridized carbons (Fsp3) is 1.00. The Morgan fingerprint density at radius 2 is 1.40 bits per heavy atom. The molecular formula is C11H28N4. The first kappa shape index (κ1) is 14.8. The van der Waals surface area contributed by atoms with Crippen molar-refractivity contribution in [3.05, 3.63) is 0 Å². The van der Waals surface area contributed by atoms with Gasteiger partial charge in [-0.1, -0.05) is 12.8 Å². The number of unbranched alkanes of at least 4 members (excludes halogenated alkanes) is 4. The number of hydrogen-bond donors (Lipinski definition) is 4. The molecule has 0 aromatic rings. The summed E-state index contributed by atoms with van der Waals surface area (Å²) >= 11 is 0. The van der Waals surface area contributed by atoms with Crippen molar-refractivity contribution in [1.82, 2.24) is 5.32 Å². The van der Waals surface area contributed by atoms with E-state index in [0.717, 1.165) is 45.3 Å². The van der Waals surface area contributed by atoms with Crippen LogP contribution in [0.25, 0.3) is 0 Å². The van der Waals surface area contributed by atoms with Crippen LogP contribution < -0.4 is 22.5 Å². The molecule has 1 unspecified atom stereocenters. The minimum atomic E-state index is 0.144. The molecule has 0 radical (unpaired) electrons. The summed E-state index contributed by atoms with van der Waals surface area (Å²) in [6.45, 7) is 2.60. The van der Waals surface area contributed by atoms with Crippen molar-refractivity contribution in [3.63, 3.8) is 0 Å². The normalized spacial score (nSPS) is 13.0. The van der Waals surface area contributed by atoms with E-state index in [9.17, 15) is 0 Å². The van der Waals surface area contributed by atoms with Crippen LogP contribution in [-0.4, -0.2) is 25.8 Å². The van der Waals surface area contributed by atoms with E-state index in [1.165, 1.54) is 19.3 Å². The molecule has 4 nitrogen and oxygen atoms in total. The van der Waals surface area contributed by atoms with Crippen molar-refractivity contribution in [1.29, 1.82) is 0 Å². The molecular weight excluding hydrogens is 188 g/mol. The maximum Gasteiger partial charge on any atom is 0.0546 e. The van der Waals surface area contributed by atoms with Crippen molar-refractivity contribution in [2.45, 2.75) is 51.1 Å². The molecule has 0 fully saturated rings. The molecule has 0 aromatic carbocycles. The van der Waals surface area contributed by atoms with Crippen molar-refractivity contribution in [2.24, 2.45) is 17.2 Å². The van der Waals surface area contributed by atoms with E-state index in [1.54, 1.807) is 0 Å². The molecule has 0 aliphatic carbocycles. The molecule has 92 valence electrons. The molecule has 0 aliphatic rings. The van der Waals surface area contributed by atoms with Crippen molar-refractivity contribution in [3.8, 4) is 0 Å².